The van der Waals surface area contributed by atoms with Crippen LogP contribution in [0.1, 0.15) is 0 Å². The summed E-state index contributed by atoms with van der Waals surface area (Å²) in [5.41, 5.74) is 1.68. The van der Waals surface area contributed by atoms with Gasteiger partial charge in [0, 0.05) is 30.8 Å². The average molecular weight is 394 g/mol. The molecule has 0 aliphatic carbocycles. The van der Waals surface area contributed by atoms with Crippen molar-refractivity contribution in [3.8, 4) is 17.1 Å². The second-order valence-corrected chi connectivity index (χ2v) is 6.14. The molecule has 0 radical (unpaired) electrons. The van der Waals surface area contributed by atoms with Crippen LogP contribution < -0.4 is 10.1 Å². The molecule has 10 heteroatoms. The van der Waals surface area contributed by atoms with Crippen LogP contribution in [0.3, 0.4) is 0 Å². The number of nitrogens with one attached hydrogen (secondary N) is 1. The molecule has 0 fully saturated rings. The van der Waals surface area contributed by atoms with Crippen molar-refractivity contribution < 1.29 is 14.1 Å². The molecule has 0 unspecified atom stereocenters. The number of aromatic nitrogens is 4. The molecule has 2 heterocycles. The van der Waals surface area contributed by atoms with E-state index in [9.17, 15) is 14.5 Å². The van der Waals surface area contributed by atoms with E-state index in [0.717, 1.165) is 23.0 Å². The van der Waals surface area contributed by atoms with E-state index >= 15 is 0 Å². The molecule has 0 bridgehead atoms. The van der Waals surface area contributed by atoms with E-state index in [2.05, 4.69) is 20.4 Å². The highest BCUT2D eigenvalue weighted by Gasteiger charge is 2.20. The van der Waals surface area contributed by atoms with Gasteiger partial charge in [0.2, 0.25) is 11.8 Å². The minimum absolute atomic E-state index is 0.0883. The van der Waals surface area contributed by atoms with Crippen LogP contribution in [0.4, 0.5) is 21.7 Å². The number of fused-ring (bicyclic) bond motifs is 1. The summed E-state index contributed by atoms with van der Waals surface area (Å²) < 4.78 is 20.7. The number of ether oxygens (including phenoxy) is 1. The number of hydrogen-bond acceptors (Lipinski definition) is 7. The Morgan fingerprint density at radius 3 is 2.79 bits per heavy atom. The molecule has 9 nitrogen and oxygen atoms in total. The highest BCUT2D eigenvalue weighted by atomic mass is 19.1. The van der Waals surface area contributed by atoms with Crippen molar-refractivity contribution in [3.63, 3.8) is 0 Å². The van der Waals surface area contributed by atoms with Gasteiger partial charge in [-0.1, -0.05) is 18.2 Å². The number of nitro groups is 1. The van der Waals surface area contributed by atoms with Crippen molar-refractivity contribution in [1.29, 1.82) is 0 Å². The lowest BCUT2D eigenvalue weighted by Gasteiger charge is -2.10. The van der Waals surface area contributed by atoms with Crippen LogP contribution in [0.15, 0.2) is 48.7 Å². The normalized spacial score (nSPS) is 10.9. The first-order valence-corrected chi connectivity index (χ1v) is 8.52. The van der Waals surface area contributed by atoms with Crippen molar-refractivity contribution in [1.82, 2.24) is 19.7 Å². The van der Waals surface area contributed by atoms with Gasteiger partial charge in [0.15, 0.2) is 0 Å². The van der Waals surface area contributed by atoms with Crippen LogP contribution in [0.25, 0.3) is 22.3 Å². The fourth-order valence-corrected chi connectivity index (χ4v) is 3.02. The molecule has 146 valence electrons. The number of benzene rings is 2. The van der Waals surface area contributed by atoms with Crippen LogP contribution in [0, 0.1) is 15.9 Å². The van der Waals surface area contributed by atoms with Crippen molar-refractivity contribution in [3.05, 3.63) is 64.6 Å². The number of hydrogen-bond donors (Lipinski definition) is 1. The third kappa shape index (κ3) is 3.31. The molecular weight excluding hydrogens is 379 g/mol. The Morgan fingerprint density at radius 1 is 1.24 bits per heavy atom. The monoisotopic (exact) mass is 394 g/mol. The lowest BCUT2D eigenvalue weighted by atomic mass is 10.1. The summed E-state index contributed by atoms with van der Waals surface area (Å²) in [4.78, 5) is 18.8. The molecule has 29 heavy (non-hydrogen) atoms. The van der Waals surface area contributed by atoms with Crippen LogP contribution in [-0.4, -0.2) is 31.8 Å². The van der Waals surface area contributed by atoms with E-state index in [1.54, 1.807) is 16.9 Å². The van der Waals surface area contributed by atoms with Crippen LogP contribution in [-0.2, 0) is 7.05 Å². The van der Waals surface area contributed by atoms with Gasteiger partial charge >= 0.3 is 5.69 Å². The summed E-state index contributed by atoms with van der Waals surface area (Å²) in [7, 11) is 3.18. The summed E-state index contributed by atoms with van der Waals surface area (Å²) in [6.45, 7) is 0. The zero-order valence-electron chi connectivity index (χ0n) is 15.5. The highest BCUT2D eigenvalue weighted by molar-refractivity contribution is 5.92. The molecule has 0 aliphatic heterocycles. The smallest absolute Gasteiger partial charge is 0.307 e. The van der Waals surface area contributed by atoms with E-state index < -0.39 is 16.4 Å². The summed E-state index contributed by atoms with van der Waals surface area (Å²) in [5, 5.41) is 19.4. The second-order valence-electron chi connectivity index (χ2n) is 6.14. The predicted octanol–water partition coefficient (Wildman–Crippen LogP) is 3.83. The Balaban J connectivity index is 1.75. The van der Waals surface area contributed by atoms with Gasteiger partial charge in [-0.2, -0.15) is 9.49 Å². The SMILES string of the molecule is COc1cc(F)c([N+](=O)[O-])cc1Nc1nccc(-c2nn(C)c3ccccc23)n1. The molecule has 0 atom stereocenters. The van der Waals surface area contributed by atoms with Gasteiger partial charge < -0.3 is 10.1 Å². The van der Waals surface area contributed by atoms with Crippen LogP contribution in [0.2, 0.25) is 0 Å². The number of aryl methyl sites for hydroxylation is 1. The number of methoxy groups -OCH3 is 1. The van der Waals surface area contributed by atoms with Crippen LogP contribution >= 0.6 is 0 Å². The van der Waals surface area contributed by atoms with Gasteiger partial charge in [-0.25, -0.2) is 9.97 Å². The minimum Gasteiger partial charge on any atom is -0.494 e. The summed E-state index contributed by atoms with van der Waals surface area (Å²) in [5.74, 6) is -0.742. The Hall–Kier alpha value is -4.08. The molecule has 1 N–H and O–H groups in total. The molecule has 0 aliphatic rings. The third-order valence-corrected chi connectivity index (χ3v) is 4.37. The number of nitro benzene ring substituents is 1. The number of para-hydroxylation sites is 1. The van der Waals surface area contributed by atoms with Crippen LogP contribution in [0.5, 0.6) is 5.75 Å². The predicted molar refractivity (Wildman–Crippen MR) is 105 cm³/mol. The minimum atomic E-state index is -0.993. The first-order valence-electron chi connectivity index (χ1n) is 8.52. The van der Waals surface area contributed by atoms with Gasteiger partial charge in [0.1, 0.15) is 11.4 Å². The average Bonchev–Trinajstić information content (AvgIpc) is 3.06. The maximum atomic E-state index is 13.9. The molecule has 2 aromatic carbocycles. The fourth-order valence-electron chi connectivity index (χ4n) is 3.02. The first-order chi connectivity index (χ1) is 14.0. The third-order valence-electron chi connectivity index (χ3n) is 4.37. The fraction of sp³-hybridized carbons (Fsp3) is 0.105. The van der Waals surface area contributed by atoms with Crippen molar-refractivity contribution in [2.75, 3.05) is 12.4 Å². The van der Waals surface area contributed by atoms with Gasteiger partial charge in [-0.15, -0.1) is 0 Å². The Kier molecular flexibility index (Phi) is 4.51. The standard InChI is InChI=1S/C19H15FN6O3/c1-25-15-6-4-3-5-11(15)18(24-25)13-7-8-21-19(22-13)23-14-10-16(26(27)28)12(20)9-17(14)29-2/h3-10H,1-2H3,(H,21,22,23). The largest absolute Gasteiger partial charge is 0.494 e. The lowest BCUT2D eigenvalue weighted by Crippen LogP contribution is -2.02. The van der Waals surface area contributed by atoms with E-state index in [0.29, 0.717) is 11.4 Å². The molecule has 0 spiro atoms. The van der Waals surface area contributed by atoms with E-state index in [-0.39, 0.29) is 17.4 Å². The molecule has 4 aromatic rings. The zero-order chi connectivity index (χ0) is 20.5. The molecule has 0 saturated heterocycles. The molecule has 2 aromatic heterocycles. The number of rotatable bonds is 5. The summed E-state index contributed by atoms with van der Waals surface area (Å²) in [6, 6.07) is 11.4. The maximum absolute atomic E-state index is 13.9. The van der Waals surface area contributed by atoms with Gasteiger partial charge in [0.25, 0.3) is 0 Å². The van der Waals surface area contributed by atoms with Crippen molar-refractivity contribution in [2.24, 2.45) is 7.05 Å². The van der Waals surface area contributed by atoms with E-state index in [1.165, 1.54) is 7.11 Å². The zero-order valence-corrected chi connectivity index (χ0v) is 15.5. The highest BCUT2D eigenvalue weighted by Crippen LogP contribution is 2.33. The number of anilines is 2. The van der Waals surface area contributed by atoms with Gasteiger partial charge in [0.05, 0.1) is 28.9 Å². The van der Waals surface area contributed by atoms with Gasteiger partial charge in [-0.3, -0.25) is 14.8 Å². The molecule has 0 amide bonds. The topological polar surface area (TPSA) is 108 Å². The molecule has 4 rings (SSSR count). The van der Waals surface area contributed by atoms with Gasteiger partial charge in [-0.05, 0) is 12.1 Å². The Bertz CT molecular complexity index is 1240. The van der Waals surface area contributed by atoms with Crippen molar-refractivity contribution in [2.45, 2.75) is 0 Å². The van der Waals surface area contributed by atoms with E-state index in [4.69, 9.17) is 4.74 Å². The van der Waals surface area contributed by atoms with E-state index in [1.807, 2.05) is 31.3 Å². The quantitative estimate of drug-likeness (QED) is 0.405. The molecule has 0 saturated carbocycles. The lowest BCUT2D eigenvalue weighted by molar-refractivity contribution is -0.387. The second kappa shape index (κ2) is 7.15. The first kappa shape index (κ1) is 18.3. The Labute approximate surface area is 163 Å². The summed E-state index contributed by atoms with van der Waals surface area (Å²) in [6.07, 6.45) is 1.54. The van der Waals surface area contributed by atoms with Crippen molar-refractivity contribution >= 4 is 28.2 Å². The Morgan fingerprint density at radius 2 is 2.03 bits per heavy atom. The number of halogens is 1. The molecular formula is C19H15FN6O3. The summed E-state index contributed by atoms with van der Waals surface area (Å²) >= 11 is 0. The maximum Gasteiger partial charge on any atom is 0.307 e. The number of nitrogens with zero attached hydrogens (tertiary/aromatic N) is 5.